The molecule has 116 valence electrons. The van der Waals surface area contributed by atoms with Gasteiger partial charge in [-0.05, 0) is 69.6 Å². The molecule has 0 radical (unpaired) electrons. The highest BCUT2D eigenvalue weighted by atomic mass is 16.5. The quantitative estimate of drug-likeness (QED) is 0.725. The highest BCUT2D eigenvalue weighted by Crippen LogP contribution is 2.35. The van der Waals surface area contributed by atoms with Crippen LogP contribution in [-0.2, 0) is 9.47 Å². The molecular formula is C17H26N2O2. The molecule has 4 heteroatoms. The Hall–Kier alpha value is -1.42. The van der Waals surface area contributed by atoms with Crippen molar-refractivity contribution in [2.75, 3.05) is 0 Å². The molecule has 2 saturated carbocycles. The first kappa shape index (κ1) is 16.0. The first-order valence-corrected chi connectivity index (χ1v) is 8.41. The Morgan fingerprint density at radius 2 is 1.14 bits per heavy atom. The third-order valence-electron chi connectivity index (χ3n) is 5.18. The maximum atomic E-state index is 8.61. The van der Waals surface area contributed by atoms with Gasteiger partial charge in [0.2, 0.25) is 0 Å². The van der Waals surface area contributed by atoms with Crippen LogP contribution in [0.1, 0.15) is 70.6 Å². The van der Waals surface area contributed by atoms with Crippen molar-refractivity contribution in [3.05, 3.63) is 0 Å². The second-order valence-corrected chi connectivity index (χ2v) is 6.65. The van der Waals surface area contributed by atoms with Gasteiger partial charge in [-0.3, -0.25) is 0 Å². The number of rotatable bonds is 4. The minimum absolute atomic E-state index is 0.162. The van der Waals surface area contributed by atoms with Gasteiger partial charge < -0.3 is 9.47 Å². The molecule has 4 nitrogen and oxygen atoms in total. The molecule has 0 amide bonds. The number of nitrogens with zero attached hydrogens (tertiary/aromatic N) is 2. The Bertz CT molecular complexity index is 367. The van der Waals surface area contributed by atoms with Crippen molar-refractivity contribution < 1.29 is 9.47 Å². The van der Waals surface area contributed by atoms with E-state index < -0.39 is 0 Å². The molecule has 0 aliphatic heterocycles. The lowest BCUT2D eigenvalue weighted by Crippen LogP contribution is -2.23. The zero-order chi connectivity index (χ0) is 14.9. The molecule has 0 unspecified atom stereocenters. The van der Waals surface area contributed by atoms with Crippen LogP contribution in [0.25, 0.3) is 0 Å². The summed E-state index contributed by atoms with van der Waals surface area (Å²) in [6, 6.07) is 0. The summed E-state index contributed by atoms with van der Waals surface area (Å²) in [5, 5.41) is 17.2. The van der Waals surface area contributed by atoms with E-state index in [4.69, 9.17) is 20.0 Å². The van der Waals surface area contributed by atoms with Crippen LogP contribution < -0.4 is 0 Å². The van der Waals surface area contributed by atoms with Gasteiger partial charge in [0.25, 0.3) is 12.5 Å². The third kappa shape index (κ3) is 5.46. The Morgan fingerprint density at radius 1 is 0.667 bits per heavy atom. The van der Waals surface area contributed by atoms with Gasteiger partial charge in [-0.15, -0.1) is 0 Å². The van der Waals surface area contributed by atoms with Gasteiger partial charge in [0.1, 0.15) is 12.2 Å². The van der Waals surface area contributed by atoms with Crippen molar-refractivity contribution >= 4 is 0 Å². The summed E-state index contributed by atoms with van der Waals surface area (Å²) in [5.41, 5.74) is 0. The van der Waals surface area contributed by atoms with Crippen LogP contribution >= 0.6 is 0 Å². The lowest BCUT2D eigenvalue weighted by Gasteiger charge is -2.31. The van der Waals surface area contributed by atoms with Crippen LogP contribution in [0.5, 0.6) is 0 Å². The monoisotopic (exact) mass is 290 g/mol. The molecule has 2 aliphatic carbocycles. The van der Waals surface area contributed by atoms with Gasteiger partial charge in [0.05, 0.1) is 0 Å². The van der Waals surface area contributed by atoms with E-state index in [1.54, 1.807) is 0 Å². The molecule has 2 aliphatic rings. The second kappa shape index (κ2) is 8.78. The highest BCUT2D eigenvalue weighted by molar-refractivity contribution is 4.78. The van der Waals surface area contributed by atoms with E-state index in [1.165, 1.54) is 44.9 Å². The Labute approximate surface area is 128 Å². The van der Waals surface area contributed by atoms with Gasteiger partial charge in [-0.2, -0.15) is 10.5 Å². The molecule has 0 aromatic carbocycles. The molecule has 0 heterocycles. The average Bonchev–Trinajstić information content (AvgIpc) is 2.46. The van der Waals surface area contributed by atoms with Gasteiger partial charge in [0.15, 0.2) is 0 Å². The standard InChI is InChI=1S/C17H26N2O2/c18-12-20-16-5-1-3-14(4-2-6-16)11-15-7-9-17(10-8-15)21-13-19/h14-17H,1-11H2. The average molecular weight is 290 g/mol. The zero-order valence-electron chi connectivity index (χ0n) is 12.8. The van der Waals surface area contributed by atoms with Gasteiger partial charge in [-0.1, -0.05) is 12.8 Å². The smallest absolute Gasteiger partial charge is 0.286 e. The predicted molar refractivity (Wildman–Crippen MR) is 78.7 cm³/mol. The summed E-state index contributed by atoms with van der Waals surface area (Å²) in [7, 11) is 0. The number of hydrogen-bond donors (Lipinski definition) is 0. The lowest BCUT2D eigenvalue weighted by molar-refractivity contribution is 0.0886. The van der Waals surface area contributed by atoms with Crippen molar-refractivity contribution in [2.45, 2.75) is 82.8 Å². The molecule has 0 aromatic heterocycles. The van der Waals surface area contributed by atoms with E-state index in [9.17, 15) is 0 Å². The molecule has 2 fully saturated rings. The highest BCUT2D eigenvalue weighted by Gasteiger charge is 2.25. The topological polar surface area (TPSA) is 66.0 Å². The van der Waals surface area contributed by atoms with Crippen molar-refractivity contribution in [1.82, 2.24) is 0 Å². The summed E-state index contributed by atoms with van der Waals surface area (Å²) in [6.07, 6.45) is 16.8. The first-order valence-electron chi connectivity index (χ1n) is 8.41. The van der Waals surface area contributed by atoms with E-state index in [0.29, 0.717) is 0 Å². The predicted octanol–water partition coefficient (Wildman–Crippen LogP) is 4.27. The van der Waals surface area contributed by atoms with E-state index in [1.807, 2.05) is 12.5 Å². The summed E-state index contributed by atoms with van der Waals surface area (Å²) in [6.45, 7) is 0. The van der Waals surface area contributed by atoms with Crippen molar-refractivity contribution in [3.8, 4) is 12.5 Å². The number of hydrogen-bond acceptors (Lipinski definition) is 4. The Morgan fingerprint density at radius 3 is 1.67 bits per heavy atom. The van der Waals surface area contributed by atoms with Crippen LogP contribution in [0.2, 0.25) is 0 Å². The molecule has 0 atom stereocenters. The van der Waals surface area contributed by atoms with Crippen LogP contribution in [0, 0.1) is 34.9 Å². The molecule has 2 rings (SSSR count). The van der Waals surface area contributed by atoms with Gasteiger partial charge in [-0.25, -0.2) is 0 Å². The molecule has 0 spiro atoms. The molecule has 0 N–H and O–H groups in total. The summed E-state index contributed by atoms with van der Waals surface area (Å²) >= 11 is 0. The van der Waals surface area contributed by atoms with Crippen molar-refractivity contribution in [3.63, 3.8) is 0 Å². The summed E-state index contributed by atoms with van der Waals surface area (Å²) in [4.78, 5) is 0. The van der Waals surface area contributed by atoms with Crippen LogP contribution in [0.4, 0.5) is 0 Å². The first-order chi connectivity index (χ1) is 10.3. The fraction of sp³-hybridized carbons (Fsp3) is 0.882. The molecule has 0 aromatic rings. The van der Waals surface area contributed by atoms with E-state index in [2.05, 4.69) is 0 Å². The van der Waals surface area contributed by atoms with Crippen LogP contribution in [0.3, 0.4) is 0 Å². The molecule has 21 heavy (non-hydrogen) atoms. The Balaban J connectivity index is 1.68. The number of nitriles is 2. The van der Waals surface area contributed by atoms with Gasteiger partial charge in [0, 0.05) is 0 Å². The van der Waals surface area contributed by atoms with Crippen LogP contribution in [0.15, 0.2) is 0 Å². The zero-order valence-corrected chi connectivity index (χ0v) is 12.8. The van der Waals surface area contributed by atoms with E-state index in [-0.39, 0.29) is 12.2 Å². The maximum Gasteiger partial charge on any atom is 0.286 e. The van der Waals surface area contributed by atoms with E-state index >= 15 is 0 Å². The largest absolute Gasteiger partial charge is 0.424 e. The Kier molecular flexibility index (Phi) is 6.67. The van der Waals surface area contributed by atoms with Crippen molar-refractivity contribution in [1.29, 1.82) is 10.5 Å². The summed E-state index contributed by atoms with van der Waals surface area (Å²) < 4.78 is 10.2. The molecule has 0 bridgehead atoms. The van der Waals surface area contributed by atoms with E-state index in [0.717, 1.165) is 37.5 Å². The molecule has 0 saturated heterocycles. The van der Waals surface area contributed by atoms with Gasteiger partial charge >= 0.3 is 0 Å². The molecular weight excluding hydrogens is 264 g/mol. The lowest BCUT2D eigenvalue weighted by atomic mass is 9.78. The minimum Gasteiger partial charge on any atom is -0.424 e. The maximum absolute atomic E-state index is 8.61. The van der Waals surface area contributed by atoms with Crippen molar-refractivity contribution in [2.24, 2.45) is 11.8 Å². The SMILES string of the molecule is N#COC1CCCC(CC2CCC(OC#N)CC2)CCC1. The summed E-state index contributed by atoms with van der Waals surface area (Å²) in [5.74, 6) is 1.66. The minimum atomic E-state index is 0.162. The van der Waals surface area contributed by atoms with Crippen LogP contribution in [-0.4, -0.2) is 12.2 Å². The normalized spacial score (nSPS) is 33.8. The third-order valence-corrected chi connectivity index (χ3v) is 5.18. The second-order valence-electron chi connectivity index (χ2n) is 6.65. The fourth-order valence-corrected chi connectivity index (χ4v) is 4.02. The number of ether oxygens (including phenoxy) is 2. The fourth-order valence-electron chi connectivity index (χ4n) is 4.02.